The molecule has 2 aromatic rings. The Bertz CT molecular complexity index is 602. The monoisotopic (exact) mass is 323 g/mol. The van der Waals surface area contributed by atoms with Gasteiger partial charge in [-0.15, -0.1) is 0 Å². The highest BCUT2D eigenvalue weighted by Gasteiger charge is 2.07. The van der Waals surface area contributed by atoms with E-state index in [9.17, 15) is 4.79 Å². The Labute approximate surface area is 117 Å². The van der Waals surface area contributed by atoms with Gasteiger partial charge in [0.2, 0.25) is 11.8 Å². The van der Waals surface area contributed by atoms with Crippen molar-refractivity contribution in [3.8, 4) is 17.6 Å². The molecular weight excluding hydrogens is 314 g/mol. The predicted molar refractivity (Wildman–Crippen MR) is 71.3 cm³/mol. The second kappa shape index (κ2) is 5.66. The van der Waals surface area contributed by atoms with E-state index in [1.54, 1.807) is 24.3 Å². The predicted octanol–water partition coefficient (Wildman–Crippen LogP) is 2.14. The van der Waals surface area contributed by atoms with Crippen LogP contribution in [-0.4, -0.2) is 23.0 Å². The summed E-state index contributed by atoms with van der Waals surface area (Å²) in [6.45, 7) is 0. The highest BCUT2D eigenvalue weighted by Crippen LogP contribution is 2.25. The summed E-state index contributed by atoms with van der Waals surface area (Å²) in [4.78, 5) is 19.0. The first kappa shape index (κ1) is 13.3. The maximum absolute atomic E-state index is 10.9. The van der Waals surface area contributed by atoms with Gasteiger partial charge in [0.1, 0.15) is 5.75 Å². The van der Waals surface area contributed by atoms with E-state index in [4.69, 9.17) is 15.2 Å². The normalized spacial score (nSPS) is 10.0. The van der Waals surface area contributed by atoms with Crippen LogP contribution < -0.4 is 15.2 Å². The summed E-state index contributed by atoms with van der Waals surface area (Å²) in [6.07, 6.45) is 1.53. The summed E-state index contributed by atoms with van der Waals surface area (Å²) in [5.74, 6) is 0.376. The number of hydrogen-bond acceptors (Lipinski definition) is 5. The van der Waals surface area contributed by atoms with E-state index in [2.05, 4.69) is 25.9 Å². The van der Waals surface area contributed by atoms with Gasteiger partial charge in [-0.1, -0.05) is 0 Å². The van der Waals surface area contributed by atoms with Crippen molar-refractivity contribution in [3.63, 3.8) is 0 Å². The molecule has 1 aromatic heterocycles. The number of hydrogen-bond donors (Lipinski definition) is 1. The molecule has 0 aliphatic carbocycles. The molecule has 0 saturated carbocycles. The molecule has 0 saturated heterocycles. The smallest absolute Gasteiger partial charge is 0.325 e. The van der Waals surface area contributed by atoms with Gasteiger partial charge in [0, 0.05) is 5.56 Å². The Morgan fingerprint density at radius 3 is 2.58 bits per heavy atom. The number of aromatic nitrogens is 2. The number of rotatable bonds is 4. The molecule has 7 heteroatoms. The number of methoxy groups -OCH3 is 1. The number of primary amides is 1. The van der Waals surface area contributed by atoms with E-state index in [0.717, 1.165) is 0 Å². The highest BCUT2D eigenvalue weighted by atomic mass is 79.9. The molecule has 0 aliphatic rings. The molecule has 0 radical (unpaired) electrons. The minimum Gasteiger partial charge on any atom is -0.480 e. The Balaban J connectivity index is 2.19. The summed E-state index contributed by atoms with van der Waals surface area (Å²) >= 11 is 3.24. The topological polar surface area (TPSA) is 87.3 Å². The van der Waals surface area contributed by atoms with Gasteiger partial charge < -0.3 is 15.2 Å². The van der Waals surface area contributed by atoms with Crippen molar-refractivity contribution in [2.24, 2.45) is 5.73 Å². The maximum Gasteiger partial charge on any atom is 0.325 e. The molecule has 98 valence electrons. The summed E-state index contributed by atoms with van der Waals surface area (Å²) in [7, 11) is 1.50. The average molecular weight is 324 g/mol. The number of ether oxygens (including phenoxy) is 2. The number of carbonyl (C=O) groups is 1. The second-order valence-electron chi connectivity index (χ2n) is 3.50. The third kappa shape index (κ3) is 3.19. The van der Waals surface area contributed by atoms with Gasteiger partial charge in [-0.25, -0.2) is 4.98 Å². The lowest BCUT2D eigenvalue weighted by atomic mass is 10.2. The number of carbonyl (C=O) groups excluding carboxylic acids is 1. The fraction of sp³-hybridized carbons (Fsp3) is 0.0833. The van der Waals surface area contributed by atoms with E-state index in [1.165, 1.54) is 13.3 Å². The van der Waals surface area contributed by atoms with Crippen LogP contribution in [0, 0.1) is 0 Å². The number of amides is 1. The van der Waals surface area contributed by atoms with Gasteiger partial charge in [0.15, 0.2) is 0 Å². The molecule has 19 heavy (non-hydrogen) atoms. The number of nitrogens with two attached hydrogens (primary N) is 1. The minimum absolute atomic E-state index is 0.145. The average Bonchev–Trinajstić information content (AvgIpc) is 2.41. The standard InChI is InChI=1S/C12H10BrN3O3/c1-18-11-9(13)6-15-12(16-11)19-8-4-2-7(3-5-8)10(14)17/h2-6H,1H3,(H2,14,17). The van der Waals surface area contributed by atoms with Crippen LogP contribution in [0.5, 0.6) is 17.6 Å². The highest BCUT2D eigenvalue weighted by molar-refractivity contribution is 9.10. The second-order valence-corrected chi connectivity index (χ2v) is 4.35. The Kier molecular flexibility index (Phi) is 3.96. The minimum atomic E-state index is -0.492. The first-order valence-corrected chi connectivity index (χ1v) is 6.03. The summed E-state index contributed by atoms with van der Waals surface area (Å²) in [5.41, 5.74) is 5.55. The van der Waals surface area contributed by atoms with Crippen molar-refractivity contribution in [1.29, 1.82) is 0 Å². The van der Waals surface area contributed by atoms with E-state index in [-0.39, 0.29) is 6.01 Å². The summed E-state index contributed by atoms with van der Waals surface area (Å²) < 4.78 is 11.1. The number of nitrogens with zero attached hydrogens (tertiary/aromatic N) is 2. The molecule has 2 rings (SSSR count). The fourth-order valence-corrected chi connectivity index (χ4v) is 1.67. The van der Waals surface area contributed by atoms with Crippen molar-refractivity contribution in [1.82, 2.24) is 9.97 Å². The van der Waals surface area contributed by atoms with Gasteiger partial charge in [-0.3, -0.25) is 4.79 Å². The molecule has 0 fully saturated rings. The fourth-order valence-electron chi connectivity index (χ4n) is 1.32. The summed E-state index contributed by atoms with van der Waals surface area (Å²) in [5, 5.41) is 0. The van der Waals surface area contributed by atoms with Crippen LogP contribution in [0.3, 0.4) is 0 Å². The molecule has 0 atom stereocenters. The van der Waals surface area contributed by atoms with Crippen molar-refractivity contribution in [2.75, 3.05) is 7.11 Å². The zero-order valence-electron chi connectivity index (χ0n) is 9.96. The van der Waals surface area contributed by atoms with Crippen molar-refractivity contribution in [3.05, 3.63) is 40.5 Å². The molecule has 1 aromatic carbocycles. The van der Waals surface area contributed by atoms with Crippen LogP contribution in [0.15, 0.2) is 34.9 Å². The van der Waals surface area contributed by atoms with E-state index >= 15 is 0 Å². The van der Waals surface area contributed by atoms with Crippen molar-refractivity contribution < 1.29 is 14.3 Å². The van der Waals surface area contributed by atoms with Crippen LogP contribution in [0.1, 0.15) is 10.4 Å². The first-order chi connectivity index (χ1) is 9.10. The third-order valence-corrected chi connectivity index (χ3v) is 2.78. The van der Waals surface area contributed by atoms with Gasteiger partial charge in [0.25, 0.3) is 0 Å². The lowest BCUT2D eigenvalue weighted by molar-refractivity contribution is 0.100. The van der Waals surface area contributed by atoms with Gasteiger partial charge >= 0.3 is 6.01 Å². The SMILES string of the molecule is COc1nc(Oc2ccc(C(N)=O)cc2)ncc1Br. The Morgan fingerprint density at radius 2 is 2.00 bits per heavy atom. The largest absolute Gasteiger partial charge is 0.480 e. The molecule has 0 unspecified atom stereocenters. The first-order valence-electron chi connectivity index (χ1n) is 5.24. The lowest BCUT2D eigenvalue weighted by Crippen LogP contribution is -2.10. The van der Waals surface area contributed by atoms with Crippen molar-refractivity contribution in [2.45, 2.75) is 0 Å². The van der Waals surface area contributed by atoms with Gasteiger partial charge in [-0.05, 0) is 40.2 Å². The molecule has 0 bridgehead atoms. The quantitative estimate of drug-likeness (QED) is 0.931. The Morgan fingerprint density at radius 1 is 1.32 bits per heavy atom. The lowest BCUT2D eigenvalue weighted by Gasteiger charge is -2.06. The van der Waals surface area contributed by atoms with Crippen LogP contribution in [0.2, 0.25) is 0 Å². The molecule has 2 N–H and O–H groups in total. The van der Waals surface area contributed by atoms with Crippen LogP contribution >= 0.6 is 15.9 Å². The van der Waals surface area contributed by atoms with Gasteiger partial charge in [0.05, 0.1) is 17.8 Å². The zero-order valence-corrected chi connectivity index (χ0v) is 11.5. The zero-order chi connectivity index (χ0) is 13.8. The van der Waals surface area contributed by atoms with Gasteiger partial charge in [-0.2, -0.15) is 4.98 Å². The van der Waals surface area contributed by atoms with E-state index < -0.39 is 5.91 Å². The maximum atomic E-state index is 10.9. The molecule has 1 amide bonds. The summed E-state index contributed by atoms with van der Waals surface area (Å²) in [6, 6.07) is 6.49. The molecule has 1 heterocycles. The molecule has 0 spiro atoms. The van der Waals surface area contributed by atoms with Crippen molar-refractivity contribution >= 4 is 21.8 Å². The Hall–Kier alpha value is -2.15. The number of halogens is 1. The van der Waals surface area contributed by atoms with E-state index in [0.29, 0.717) is 21.7 Å². The molecule has 0 aliphatic heterocycles. The molecule has 6 nitrogen and oxygen atoms in total. The number of benzene rings is 1. The third-order valence-electron chi connectivity index (χ3n) is 2.23. The van der Waals surface area contributed by atoms with Crippen LogP contribution in [0.4, 0.5) is 0 Å². The van der Waals surface area contributed by atoms with E-state index in [1.807, 2.05) is 0 Å². The van der Waals surface area contributed by atoms with Crippen LogP contribution in [0.25, 0.3) is 0 Å². The molecular formula is C12H10BrN3O3. The van der Waals surface area contributed by atoms with Crippen LogP contribution in [-0.2, 0) is 0 Å².